The number of para-hydroxylation sites is 1. The summed E-state index contributed by atoms with van der Waals surface area (Å²) in [4.78, 5) is 9.24. The highest BCUT2D eigenvalue weighted by molar-refractivity contribution is 6.20. The van der Waals surface area contributed by atoms with Crippen molar-refractivity contribution >= 4 is 33.5 Å². The Bertz CT molecular complexity index is 776. The molecule has 21 heavy (non-hydrogen) atoms. The molecule has 110 valence electrons. The van der Waals surface area contributed by atoms with Crippen molar-refractivity contribution in [2.24, 2.45) is 0 Å². The molecule has 0 bridgehead atoms. The molecule has 0 aliphatic carbocycles. The van der Waals surface area contributed by atoms with E-state index in [4.69, 9.17) is 16.6 Å². The van der Waals surface area contributed by atoms with Crippen LogP contribution in [-0.2, 0) is 0 Å². The number of alkyl halides is 1. The highest BCUT2D eigenvalue weighted by Gasteiger charge is 2.20. The lowest BCUT2D eigenvalue weighted by Crippen LogP contribution is -2.10. The highest BCUT2D eigenvalue weighted by Crippen LogP contribution is 2.33. The van der Waals surface area contributed by atoms with E-state index < -0.39 is 0 Å². The SMILES string of the molecule is CCCC(C)n1c(C(C)Cl)nc2cnc3ccccc3c21. The predicted molar refractivity (Wildman–Crippen MR) is 88.9 cm³/mol. The Kier molecular flexibility index (Phi) is 3.85. The molecule has 0 fully saturated rings. The van der Waals surface area contributed by atoms with Crippen LogP contribution in [0.4, 0.5) is 0 Å². The lowest BCUT2D eigenvalue weighted by atomic mass is 10.1. The summed E-state index contributed by atoms with van der Waals surface area (Å²) < 4.78 is 2.31. The first-order chi connectivity index (χ1) is 10.1. The number of aromatic nitrogens is 3. The zero-order chi connectivity index (χ0) is 15.0. The molecule has 1 aromatic carbocycles. The van der Waals surface area contributed by atoms with E-state index >= 15 is 0 Å². The number of benzene rings is 1. The monoisotopic (exact) mass is 301 g/mol. The van der Waals surface area contributed by atoms with E-state index in [1.807, 2.05) is 25.3 Å². The van der Waals surface area contributed by atoms with Gasteiger partial charge in [0.1, 0.15) is 11.3 Å². The standard InChI is InChI=1S/C17H20ClN3/c1-4-7-11(2)21-16-13-8-5-6-9-14(13)19-10-15(16)20-17(21)12(3)18/h5-6,8-12H,4,7H2,1-3H3. The van der Waals surface area contributed by atoms with Crippen LogP contribution in [0, 0.1) is 0 Å². The Morgan fingerprint density at radius 3 is 2.67 bits per heavy atom. The van der Waals surface area contributed by atoms with Crippen LogP contribution in [0.1, 0.15) is 50.9 Å². The maximum Gasteiger partial charge on any atom is 0.128 e. The van der Waals surface area contributed by atoms with Crippen LogP contribution in [0.25, 0.3) is 21.9 Å². The summed E-state index contributed by atoms with van der Waals surface area (Å²) in [5.74, 6) is 0.936. The van der Waals surface area contributed by atoms with E-state index in [9.17, 15) is 0 Å². The number of hydrogen-bond acceptors (Lipinski definition) is 2. The van der Waals surface area contributed by atoms with E-state index in [0.29, 0.717) is 6.04 Å². The first kappa shape index (κ1) is 14.3. The molecule has 0 N–H and O–H groups in total. The van der Waals surface area contributed by atoms with Gasteiger partial charge in [-0.1, -0.05) is 31.5 Å². The Labute approximate surface area is 130 Å². The number of pyridine rings is 1. The molecule has 2 aromatic heterocycles. The number of imidazole rings is 1. The number of fused-ring (bicyclic) bond motifs is 3. The van der Waals surface area contributed by atoms with E-state index in [1.54, 1.807) is 0 Å². The first-order valence-electron chi connectivity index (χ1n) is 7.53. The summed E-state index contributed by atoms with van der Waals surface area (Å²) in [7, 11) is 0. The van der Waals surface area contributed by atoms with Crippen molar-refractivity contribution in [3.8, 4) is 0 Å². The minimum absolute atomic E-state index is 0.115. The molecule has 0 amide bonds. The molecule has 0 saturated heterocycles. The molecule has 2 atom stereocenters. The van der Waals surface area contributed by atoms with Gasteiger partial charge < -0.3 is 4.57 Å². The van der Waals surface area contributed by atoms with Crippen LogP contribution < -0.4 is 0 Å². The van der Waals surface area contributed by atoms with Gasteiger partial charge in [0.25, 0.3) is 0 Å². The van der Waals surface area contributed by atoms with E-state index in [1.165, 1.54) is 0 Å². The minimum atomic E-state index is -0.115. The summed E-state index contributed by atoms with van der Waals surface area (Å²) in [6, 6.07) is 8.60. The summed E-state index contributed by atoms with van der Waals surface area (Å²) in [5, 5.41) is 1.03. The highest BCUT2D eigenvalue weighted by atomic mass is 35.5. The van der Waals surface area contributed by atoms with Crippen LogP contribution >= 0.6 is 11.6 Å². The zero-order valence-corrected chi connectivity index (χ0v) is 13.4. The van der Waals surface area contributed by atoms with Gasteiger partial charge in [-0.05, 0) is 26.3 Å². The third-order valence-corrected chi connectivity index (χ3v) is 4.15. The van der Waals surface area contributed by atoms with E-state index in [2.05, 4.69) is 35.5 Å². The minimum Gasteiger partial charge on any atom is -0.323 e. The van der Waals surface area contributed by atoms with Gasteiger partial charge in [-0.15, -0.1) is 11.6 Å². The molecule has 0 radical (unpaired) electrons. The Morgan fingerprint density at radius 1 is 1.19 bits per heavy atom. The summed E-state index contributed by atoms with van der Waals surface area (Å²) >= 11 is 6.37. The van der Waals surface area contributed by atoms with Crippen molar-refractivity contribution in [2.75, 3.05) is 0 Å². The van der Waals surface area contributed by atoms with Crippen LogP contribution in [0.15, 0.2) is 30.5 Å². The van der Waals surface area contributed by atoms with Crippen molar-refractivity contribution in [3.63, 3.8) is 0 Å². The molecule has 0 saturated carbocycles. The van der Waals surface area contributed by atoms with Crippen molar-refractivity contribution in [2.45, 2.75) is 45.0 Å². The van der Waals surface area contributed by atoms with Gasteiger partial charge in [-0.25, -0.2) is 4.98 Å². The average molecular weight is 302 g/mol. The lowest BCUT2D eigenvalue weighted by molar-refractivity contribution is 0.495. The number of rotatable bonds is 4. The lowest BCUT2D eigenvalue weighted by Gasteiger charge is -2.18. The molecule has 4 heteroatoms. The molecule has 0 spiro atoms. The quantitative estimate of drug-likeness (QED) is 0.617. The summed E-state index contributed by atoms with van der Waals surface area (Å²) in [5.41, 5.74) is 3.09. The van der Waals surface area contributed by atoms with Crippen LogP contribution in [0.2, 0.25) is 0 Å². The van der Waals surface area contributed by atoms with Gasteiger partial charge in [-0.3, -0.25) is 4.98 Å². The molecular weight excluding hydrogens is 282 g/mol. The Balaban J connectivity index is 2.38. The van der Waals surface area contributed by atoms with Crippen molar-refractivity contribution < 1.29 is 0 Å². The van der Waals surface area contributed by atoms with Gasteiger partial charge >= 0.3 is 0 Å². The maximum absolute atomic E-state index is 6.37. The molecule has 3 nitrogen and oxygen atoms in total. The Morgan fingerprint density at radius 2 is 1.95 bits per heavy atom. The van der Waals surface area contributed by atoms with Crippen LogP contribution in [0.5, 0.6) is 0 Å². The maximum atomic E-state index is 6.37. The zero-order valence-electron chi connectivity index (χ0n) is 12.7. The fourth-order valence-electron chi connectivity index (χ4n) is 3.02. The van der Waals surface area contributed by atoms with E-state index in [-0.39, 0.29) is 5.38 Å². The second-order valence-corrected chi connectivity index (χ2v) is 6.26. The Hall–Kier alpha value is -1.61. The third kappa shape index (κ3) is 2.40. The fourth-order valence-corrected chi connectivity index (χ4v) is 3.17. The molecule has 3 rings (SSSR count). The van der Waals surface area contributed by atoms with Crippen molar-refractivity contribution in [1.82, 2.24) is 14.5 Å². The first-order valence-corrected chi connectivity index (χ1v) is 7.96. The fraction of sp³-hybridized carbons (Fsp3) is 0.412. The average Bonchev–Trinajstić information content (AvgIpc) is 2.87. The molecule has 2 heterocycles. The number of halogens is 1. The molecule has 3 aromatic rings. The summed E-state index contributed by atoms with van der Waals surface area (Å²) in [6.45, 7) is 6.43. The van der Waals surface area contributed by atoms with Gasteiger partial charge in [-0.2, -0.15) is 0 Å². The van der Waals surface area contributed by atoms with E-state index in [0.717, 1.165) is 40.6 Å². The molecular formula is C17H20ClN3. The number of nitrogens with zero attached hydrogens (tertiary/aromatic N) is 3. The third-order valence-electron chi connectivity index (χ3n) is 3.95. The normalized spacial score (nSPS) is 14.7. The van der Waals surface area contributed by atoms with Gasteiger partial charge in [0.15, 0.2) is 0 Å². The predicted octanol–water partition coefficient (Wildman–Crippen LogP) is 5.25. The second-order valence-electron chi connectivity index (χ2n) is 5.60. The smallest absolute Gasteiger partial charge is 0.128 e. The van der Waals surface area contributed by atoms with Gasteiger partial charge in [0.05, 0.1) is 22.6 Å². The topological polar surface area (TPSA) is 30.7 Å². The van der Waals surface area contributed by atoms with Crippen LogP contribution in [0.3, 0.4) is 0 Å². The van der Waals surface area contributed by atoms with Gasteiger partial charge in [0, 0.05) is 11.4 Å². The van der Waals surface area contributed by atoms with Gasteiger partial charge in [0.2, 0.25) is 0 Å². The molecule has 0 aliphatic rings. The van der Waals surface area contributed by atoms with Crippen molar-refractivity contribution in [3.05, 3.63) is 36.3 Å². The second kappa shape index (κ2) is 5.64. The van der Waals surface area contributed by atoms with Crippen LogP contribution in [-0.4, -0.2) is 14.5 Å². The molecule has 2 unspecified atom stereocenters. The largest absolute Gasteiger partial charge is 0.323 e. The summed E-state index contributed by atoms with van der Waals surface area (Å²) in [6.07, 6.45) is 4.11. The number of hydrogen-bond donors (Lipinski definition) is 0. The molecule has 0 aliphatic heterocycles. The van der Waals surface area contributed by atoms with Crippen molar-refractivity contribution in [1.29, 1.82) is 0 Å².